The Balaban J connectivity index is 1.99. The number of aromatic nitrogens is 1. The van der Waals surface area contributed by atoms with E-state index in [1.807, 2.05) is 0 Å². The Morgan fingerprint density at radius 1 is 1.11 bits per heavy atom. The van der Waals surface area contributed by atoms with Crippen LogP contribution >= 0.6 is 0 Å². The van der Waals surface area contributed by atoms with Crippen molar-refractivity contribution < 1.29 is 33.4 Å². The predicted molar refractivity (Wildman–Crippen MR) is 97.2 cm³/mol. The van der Waals surface area contributed by atoms with Crippen LogP contribution in [0.4, 0.5) is 4.39 Å². The first-order valence-corrected chi connectivity index (χ1v) is 8.21. The Hall–Kier alpha value is -3.68. The van der Waals surface area contributed by atoms with Gasteiger partial charge in [-0.3, -0.25) is 9.59 Å². The van der Waals surface area contributed by atoms with Crippen molar-refractivity contribution >= 4 is 28.6 Å². The zero-order valence-electron chi connectivity index (χ0n) is 15.1. The summed E-state index contributed by atoms with van der Waals surface area (Å²) in [5.41, 5.74) is 0.215. The summed E-state index contributed by atoms with van der Waals surface area (Å²) in [6, 6.07) is 9.44. The monoisotopic (exact) mass is 385 g/mol. The summed E-state index contributed by atoms with van der Waals surface area (Å²) >= 11 is 0. The van der Waals surface area contributed by atoms with Gasteiger partial charge in [0.15, 0.2) is 12.4 Å². The number of fused-ring (bicyclic) bond motifs is 1. The first-order chi connectivity index (χ1) is 13.3. The minimum absolute atomic E-state index is 0.103. The second kappa shape index (κ2) is 7.51. The molecule has 0 aliphatic heterocycles. The molecule has 0 fully saturated rings. The summed E-state index contributed by atoms with van der Waals surface area (Å²) < 4.78 is 24.2. The quantitative estimate of drug-likeness (QED) is 0.536. The molecule has 0 aliphatic carbocycles. The fourth-order valence-electron chi connectivity index (χ4n) is 2.84. The molecule has 0 amide bonds. The number of halogens is 1. The number of carbonyl (C=O) groups is 3. The second-order valence-electron chi connectivity index (χ2n) is 5.93. The summed E-state index contributed by atoms with van der Waals surface area (Å²) in [5.74, 6) is -2.45. The highest BCUT2D eigenvalue weighted by Crippen LogP contribution is 2.33. The van der Waals surface area contributed by atoms with E-state index in [1.54, 1.807) is 0 Å². The number of rotatable bonds is 5. The molecular weight excluding hydrogens is 369 g/mol. The van der Waals surface area contributed by atoms with E-state index in [9.17, 15) is 23.9 Å². The molecule has 0 radical (unpaired) electrons. The molecule has 3 aromatic rings. The lowest BCUT2D eigenvalue weighted by Gasteiger charge is -2.06. The summed E-state index contributed by atoms with van der Waals surface area (Å²) in [7, 11) is 1.24. The van der Waals surface area contributed by atoms with Gasteiger partial charge in [-0.05, 0) is 42.5 Å². The number of hydrogen-bond acceptors (Lipinski definition) is 6. The zero-order valence-corrected chi connectivity index (χ0v) is 15.1. The summed E-state index contributed by atoms with van der Waals surface area (Å²) in [6.45, 7) is 0.925. The summed E-state index contributed by atoms with van der Waals surface area (Å²) in [4.78, 5) is 35.9. The van der Waals surface area contributed by atoms with Crippen LogP contribution in [-0.2, 0) is 9.53 Å². The molecular formula is C20H16FNO6. The van der Waals surface area contributed by atoms with E-state index in [1.165, 1.54) is 44.4 Å². The number of benzene rings is 2. The van der Waals surface area contributed by atoms with Gasteiger partial charge in [0.1, 0.15) is 11.6 Å². The molecule has 1 heterocycles. The number of nitrogens with zero attached hydrogens (tertiary/aromatic N) is 1. The zero-order chi connectivity index (χ0) is 20.4. The number of aromatic hydroxyl groups is 1. The van der Waals surface area contributed by atoms with Crippen LogP contribution in [0.3, 0.4) is 0 Å². The van der Waals surface area contributed by atoms with Crippen LogP contribution in [0.5, 0.6) is 11.6 Å². The third kappa shape index (κ3) is 3.44. The van der Waals surface area contributed by atoms with Gasteiger partial charge in [-0.1, -0.05) is 0 Å². The molecule has 0 spiro atoms. The number of hydrogen-bond donors (Lipinski definition) is 1. The average Bonchev–Trinajstić information content (AvgIpc) is 2.96. The van der Waals surface area contributed by atoms with Crippen molar-refractivity contribution in [3.8, 4) is 11.6 Å². The van der Waals surface area contributed by atoms with Gasteiger partial charge in [-0.2, -0.15) is 0 Å². The van der Waals surface area contributed by atoms with Crippen molar-refractivity contribution in [2.75, 3.05) is 13.7 Å². The molecule has 0 saturated carbocycles. The maximum absolute atomic E-state index is 13.6. The van der Waals surface area contributed by atoms with Gasteiger partial charge in [0, 0.05) is 17.9 Å². The Morgan fingerprint density at radius 2 is 1.79 bits per heavy atom. The van der Waals surface area contributed by atoms with E-state index in [-0.39, 0.29) is 28.6 Å². The third-order valence-electron chi connectivity index (χ3n) is 4.15. The molecule has 1 N–H and O–H groups in total. The normalized spacial score (nSPS) is 10.7. The van der Waals surface area contributed by atoms with E-state index in [0.29, 0.717) is 5.75 Å². The van der Waals surface area contributed by atoms with E-state index >= 15 is 0 Å². The van der Waals surface area contributed by atoms with Crippen LogP contribution < -0.4 is 4.74 Å². The molecule has 2 aromatic carbocycles. The topological polar surface area (TPSA) is 94.8 Å². The SMILES string of the molecule is COC(=O)COc1ccc(C(=O)c2c(O)n(C(C)=O)c3cc(F)ccc23)cc1. The lowest BCUT2D eigenvalue weighted by atomic mass is 10.0. The molecule has 0 unspecified atom stereocenters. The van der Waals surface area contributed by atoms with Crippen molar-refractivity contribution in [1.29, 1.82) is 0 Å². The van der Waals surface area contributed by atoms with Gasteiger partial charge in [-0.15, -0.1) is 0 Å². The molecule has 7 nitrogen and oxygen atoms in total. The van der Waals surface area contributed by atoms with E-state index in [4.69, 9.17) is 4.74 Å². The lowest BCUT2D eigenvalue weighted by molar-refractivity contribution is -0.142. The number of ketones is 1. The minimum atomic E-state index is -0.599. The number of methoxy groups -OCH3 is 1. The fraction of sp³-hybridized carbons (Fsp3) is 0.150. The Bertz CT molecular complexity index is 1080. The van der Waals surface area contributed by atoms with Gasteiger partial charge in [-0.25, -0.2) is 13.8 Å². The van der Waals surface area contributed by atoms with Crippen LogP contribution in [0.1, 0.15) is 27.6 Å². The molecule has 3 rings (SSSR count). The summed E-state index contributed by atoms with van der Waals surface area (Å²) in [6.07, 6.45) is 0. The lowest BCUT2D eigenvalue weighted by Crippen LogP contribution is -2.12. The van der Waals surface area contributed by atoms with Gasteiger partial charge >= 0.3 is 5.97 Å². The second-order valence-corrected chi connectivity index (χ2v) is 5.93. The van der Waals surface area contributed by atoms with Gasteiger partial charge in [0.05, 0.1) is 18.2 Å². The largest absolute Gasteiger partial charge is 0.494 e. The average molecular weight is 385 g/mol. The first-order valence-electron chi connectivity index (χ1n) is 8.21. The maximum atomic E-state index is 13.6. The highest BCUT2D eigenvalue weighted by Gasteiger charge is 2.25. The van der Waals surface area contributed by atoms with Crippen LogP contribution in [0.15, 0.2) is 42.5 Å². The Kier molecular flexibility index (Phi) is 5.12. The smallest absolute Gasteiger partial charge is 0.343 e. The van der Waals surface area contributed by atoms with Crippen molar-refractivity contribution in [3.05, 3.63) is 59.4 Å². The van der Waals surface area contributed by atoms with Gasteiger partial charge in [0.25, 0.3) is 0 Å². The first kappa shape index (κ1) is 19.1. The Labute approximate surface area is 158 Å². The number of ether oxygens (including phenoxy) is 2. The predicted octanol–water partition coefficient (Wildman–Crippen LogP) is 2.93. The molecule has 1 aromatic heterocycles. The number of esters is 1. The van der Waals surface area contributed by atoms with Crippen molar-refractivity contribution in [2.45, 2.75) is 6.92 Å². The fourth-order valence-corrected chi connectivity index (χ4v) is 2.84. The highest BCUT2D eigenvalue weighted by atomic mass is 19.1. The molecule has 0 aliphatic rings. The molecule has 8 heteroatoms. The summed E-state index contributed by atoms with van der Waals surface area (Å²) in [5, 5.41) is 10.7. The van der Waals surface area contributed by atoms with Gasteiger partial charge in [0.2, 0.25) is 11.8 Å². The molecule has 0 atom stereocenters. The molecule has 0 bridgehead atoms. The van der Waals surface area contributed by atoms with Gasteiger partial charge < -0.3 is 14.6 Å². The van der Waals surface area contributed by atoms with Crippen LogP contribution in [-0.4, -0.2) is 41.1 Å². The van der Waals surface area contributed by atoms with E-state index in [2.05, 4.69) is 4.74 Å². The molecule has 144 valence electrons. The van der Waals surface area contributed by atoms with Crippen LogP contribution in [0.2, 0.25) is 0 Å². The van der Waals surface area contributed by atoms with E-state index in [0.717, 1.165) is 16.7 Å². The maximum Gasteiger partial charge on any atom is 0.343 e. The standard InChI is InChI=1S/C20H16FNO6/c1-11(23)22-16-9-13(21)5-8-15(16)18(20(22)26)19(25)12-3-6-14(7-4-12)28-10-17(24)27-2/h3-9,26H,10H2,1-2H3. The third-order valence-corrected chi connectivity index (χ3v) is 4.15. The Morgan fingerprint density at radius 3 is 2.39 bits per heavy atom. The van der Waals surface area contributed by atoms with Crippen molar-refractivity contribution in [2.24, 2.45) is 0 Å². The number of carbonyl (C=O) groups excluding carboxylic acids is 3. The molecule has 28 heavy (non-hydrogen) atoms. The minimum Gasteiger partial charge on any atom is -0.494 e. The molecule has 0 saturated heterocycles. The van der Waals surface area contributed by atoms with Crippen LogP contribution in [0, 0.1) is 5.82 Å². The van der Waals surface area contributed by atoms with E-state index < -0.39 is 29.4 Å². The highest BCUT2D eigenvalue weighted by molar-refractivity contribution is 6.19. The van der Waals surface area contributed by atoms with Crippen molar-refractivity contribution in [1.82, 2.24) is 4.57 Å². The van der Waals surface area contributed by atoms with Crippen molar-refractivity contribution in [3.63, 3.8) is 0 Å². The van der Waals surface area contributed by atoms with Crippen LogP contribution in [0.25, 0.3) is 10.9 Å².